The lowest BCUT2D eigenvalue weighted by molar-refractivity contribution is -0.147. The van der Waals surface area contributed by atoms with Crippen LogP contribution in [0.25, 0.3) is 0 Å². The molecule has 1 saturated heterocycles. The number of carbonyl (C=O) groups is 4. The highest BCUT2D eigenvalue weighted by molar-refractivity contribution is 6.09. The fourth-order valence-electron chi connectivity index (χ4n) is 3.97. The van der Waals surface area contributed by atoms with Gasteiger partial charge in [-0.1, -0.05) is 51.0 Å². The molecule has 1 heterocycles. The number of ether oxygens (including phenoxy) is 1. The highest BCUT2D eigenvalue weighted by atomic mass is 16.5. The Morgan fingerprint density at radius 3 is 2.57 bits per heavy atom. The van der Waals surface area contributed by atoms with Crippen molar-refractivity contribution in [3.8, 4) is 0 Å². The number of Topliss-reactive ketones (excluding diaryl/α,β-unsaturated/α-hetero) is 1. The first-order chi connectivity index (χ1) is 13.4. The molecule has 1 spiro atoms. The molecule has 2 atom stereocenters. The van der Waals surface area contributed by atoms with Gasteiger partial charge in [-0.05, 0) is 30.7 Å². The van der Waals surface area contributed by atoms with Gasteiger partial charge in [0.1, 0.15) is 12.1 Å². The van der Waals surface area contributed by atoms with Crippen molar-refractivity contribution in [1.29, 1.82) is 0 Å². The summed E-state index contributed by atoms with van der Waals surface area (Å²) in [5.74, 6) is -1.46. The predicted octanol–water partition coefficient (Wildman–Crippen LogP) is 2.48. The van der Waals surface area contributed by atoms with Crippen molar-refractivity contribution in [2.24, 2.45) is 5.92 Å². The van der Waals surface area contributed by atoms with Crippen LogP contribution in [0.5, 0.6) is 0 Å². The minimum atomic E-state index is -0.910. The van der Waals surface area contributed by atoms with E-state index in [1.54, 1.807) is 12.1 Å². The average molecular weight is 386 g/mol. The lowest BCUT2D eigenvalue weighted by atomic mass is 9.73. The second-order valence-electron chi connectivity index (χ2n) is 7.57. The molecule has 2 aliphatic rings. The van der Waals surface area contributed by atoms with Crippen LogP contribution in [0.4, 0.5) is 4.79 Å². The van der Waals surface area contributed by atoms with E-state index >= 15 is 0 Å². The van der Waals surface area contributed by atoms with Crippen molar-refractivity contribution in [2.45, 2.75) is 51.5 Å². The van der Waals surface area contributed by atoms with Crippen LogP contribution in [0.3, 0.4) is 0 Å². The lowest BCUT2D eigenvalue weighted by Crippen LogP contribution is -2.54. The Bertz CT molecular complexity index is 788. The first kappa shape index (κ1) is 20.0. The van der Waals surface area contributed by atoms with Crippen molar-refractivity contribution in [3.05, 3.63) is 35.4 Å². The van der Waals surface area contributed by atoms with Crippen molar-refractivity contribution in [2.75, 3.05) is 13.2 Å². The fourth-order valence-corrected chi connectivity index (χ4v) is 3.97. The third kappa shape index (κ3) is 3.79. The molecular weight excluding hydrogens is 360 g/mol. The summed E-state index contributed by atoms with van der Waals surface area (Å²) in [5, 5.41) is 2.79. The Labute approximate surface area is 164 Å². The van der Waals surface area contributed by atoms with Gasteiger partial charge >= 0.3 is 12.0 Å². The molecule has 28 heavy (non-hydrogen) atoms. The molecular formula is C21H26N2O5. The number of aryl methyl sites for hydroxylation is 1. The summed E-state index contributed by atoms with van der Waals surface area (Å²) >= 11 is 0. The number of hydrogen-bond acceptors (Lipinski definition) is 5. The molecule has 0 aromatic heterocycles. The van der Waals surface area contributed by atoms with Crippen LogP contribution in [0.2, 0.25) is 0 Å². The van der Waals surface area contributed by atoms with E-state index in [1.807, 2.05) is 26.0 Å². The standard InChI is InChI=1S/C21H26N2O5/c1-3-15-7-9-16(10-8-15)17(24)13-28-18(25)12-23-19(26)21(22-20(23)27)11-5-4-6-14(21)2/h7-10,14H,3-6,11-13H2,1-2H3,(H,22,27)/t14-,21+/m0/s1. The van der Waals surface area contributed by atoms with E-state index in [2.05, 4.69) is 5.32 Å². The largest absolute Gasteiger partial charge is 0.456 e. The monoisotopic (exact) mass is 386 g/mol. The molecule has 150 valence electrons. The molecule has 0 bridgehead atoms. The van der Waals surface area contributed by atoms with Gasteiger partial charge in [0.2, 0.25) is 0 Å². The Morgan fingerprint density at radius 1 is 1.21 bits per heavy atom. The molecule has 3 rings (SSSR count). The Balaban J connectivity index is 1.56. The van der Waals surface area contributed by atoms with E-state index in [0.717, 1.165) is 36.1 Å². The molecule has 7 nitrogen and oxygen atoms in total. The summed E-state index contributed by atoms with van der Waals surface area (Å²) in [5.41, 5.74) is 0.653. The van der Waals surface area contributed by atoms with Crippen LogP contribution in [-0.4, -0.2) is 47.3 Å². The maximum atomic E-state index is 12.8. The van der Waals surface area contributed by atoms with E-state index in [1.165, 1.54) is 0 Å². The predicted molar refractivity (Wildman–Crippen MR) is 102 cm³/mol. The van der Waals surface area contributed by atoms with Crippen LogP contribution >= 0.6 is 0 Å². The zero-order chi connectivity index (χ0) is 20.3. The van der Waals surface area contributed by atoms with E-state index < -0.39 is 30.7 Å². The van der Waals surface area contributed by atoms with Crippen molar-refractivity contribution in [3.63, 3.8) is 0 Å². The number of esters is 1. The molecule has 1 aromatic carbocycles. The maximum absolute atomic E-state index is 12.8. The molecule has 3 amide bonds. The molecule has 1 aliphatic heterocycles. The first-order valence-corrected chi connectivity index (χ1v) is 9.79. The molecule has 0 unspecified atom stereocenters. The van der Waals surface area contributed by atoms with E-state index in [0.29, 0.717) is 12.0 Å². The third-order valence-corrected chi connectivity index (χ3v) is 5.84. The zero-order valence-electron chi connectivity index (χ0n) is 16.3. The summed E-state index contributed by atoms with van der Waals surface area (Å²) < 4.78 is 5.01. The molecule has 0 radical (unpaired) electrons. The van der Waals surface area contributed by atoms with Crippen molar-refractivity contribution < 1.29 is 23.9 Å². The molecule has 1 saturated carbocycles. The van der Waals surface area contributed by atoms with Gasteiger partial charge in [0, 0.05) is 5.56 Å². The van der Waals surface area contributed by atoms with Gasteiger partial charge in [0.25, 0.3) is 5.91 Å². The summed E-state index contributed by atoms with van der Waals surface area (Å²) in [7, 11) is 0. The van der Waals surface area contributed by atoms with Gasteiger partial charge in [-0.2, -0.15) is 0 Å². The topological polar surface area (TPSA) is 92.8 Å². The minimum Gasteiger partial charge on any atom is -0.456 e. The highest BCUT2D eigenvalue weighted by Crippen LogP contribution is 2.38. The normalized spacial score (nSPS) is 24.4. The van der Waals surface area contributed by atoms with Crippen LogP contribution in [-0.2, 0) is 20.7 Å². The smallest absolute Gasteiger partial charge is 0.326 e. The number of rotatable bonds is 6. The van der Waals surface area contributed by atoms with Gasteiger partial charge < -0.3 is 10.1 Å². The van der Waals surface area contributed by atoms with Gasteiger partial charge in [-0.15, -0.1) is 0 Å². The number of amides is 3. The summed E-state index contributed by atoms with van der Waals surface area (Å²) in [6.07, 6.45) is 4.19. The van der Waals surface area contributed by atoms with Crippen LogP contribution in [0, 0.1) is 5.92 Å². The SMILES string of the molecule is CCc1ccc(C(=O)COC(=O)CN2C(=O)N[C@@]3(CCCC[C@@H]3C)C2=O)cc1. The van der Waals surface area contributed by atoms with Crippen LogP contribution < -0.4 is 5.32 Å². The molecule has 7 heteroatoms. The fraction of sp³-hybridized carbons (Fsp3) is 0.524. The number of imide groups is 1. The van der Waals surface area contributed by atoms with Crippen LogP contribution in [0.15, 0.2) is 24.3 Å². The number of ketones is 1. The van der Waals surface area contributed by atoms with Gasteiger partial charge in [0.15, 0.2) is 12.4 Å². The van der Waals surface area contributed by atoms with E-state index in [9.17, 15) is 19.2 Å². The first-order valence-electron chi connectivity index (χ1n) is 9.79. The Kier molecular flexibility index (Phi) is 5.82. The number of hydrogen-bond donors (Lipinski definition) is 1. The number of nitrogens with one attached hydrogen (secondary N) is 1. The average Bonchev–Trinajstić information content (AvgIpc) is 2.93. The highest BCUT2D eigenvalue weighted by Gasteiger charge is 2.55. The van der Waals surface area contributed by atoms with E-state index in [-0.39, 0.29) is 17.6 Å². The van der Waals surface area contributed by atoms with Crippen molar-refractivity contribution >= 4 is 23.7 Å². The number of carbonyl (C=O) groups excluding carboxylic acids is 4. The maximum Gasteiger partial charge on any atom is 0.326 e. The molecule has 1 aromatic rings. The second-order valence-corrected chi connectivity index (χ2v) is 7.57. The summed E-state index contributed by atoms with van der Waals surface area (Å²) in [6, 6.07) is 6.53. The summed E-state index contributed by atoms with van der Waals surface area (Å²) in [4.78, 5) is 50.3. The molecule has 2 fully saturated rings. The second kappa shape index (κ2) is 8.12. The zero-order valence-corrected chi connectivity index (χ0v) is 16.3. The number of urea groups is 1. The molecule has 1 aliphatic carbocycles. The van der Waals surface area contributed by atoms with Crippen LogP contribution in [0.1, 0.15) is 55.5 Å². The molecule has 1 N–H and O–H groups in total. The van der Waals surface area contributed by atoms with Gasteiger partial charge in [-0.3, -0.25) is 19.3 Å². The summed E-state index contributed by atoms with van der Waals surface area (Å²) in [6.45, 7) is 3.06. The van der Waals surface area contributed by atoms with Gasteiger partial charge in [-0.25, -0.2) is 4.79 Å². The number of nitrogens with zero attached hydrogens (tertiary/aromatic N) is 1. The Morgan fingerprint density at radius 2 is 1.93 bits per heavy atom. The third-order valence-electron chi connectivity index (χ3n) is 5.84. The van der Waals surface area contributed by atoms with E-state index in [4.69, 9.17) is 4.74 Å². The lowest BCUT2D eigenvalue weighted by Gasteiger charge is -2.36. The quantitative estimate of drug-likeness (QED) is 0.461. The minimum absolute atomic E-state index is 0.0198. The van der Waals surface area contributed by atoms with Crippen molar-refractivity contribution in [1.82, 2.24) is 10.2 Å². The Hall–Kier alpha value is -2.70. The van der Waals surface area contributed by atoms with Gasteiger partial charge in [0.05, 0.1) is 0 Å². The number of benzene rings is 1.